The van der Waals surface area contributed by atoms with E-state index in [4.69, 9.17) is 16.3 Å². The molecule has 3 rings (SSSR count). The van der Waals surface area contributed by atoms with Crippen LogP contribution in [0, 0.1) is 5.92 Å². The first-order chi connectivity index (χ1) is 15.4. The Balaban J connectivity index is 1.85. The molecule has 0 heterocycles. The summed E-state index contributed by atoms with van der Waals surface area (Å²) in [7, 11) is 0. The van der Waals surface area contributed by atoms with Crippen LogP contribution >= 0.6 is 11.6 Å². The number of benzene rings is 3. The van der Waals surface area contributed by atoms with Crippen LogP contribution in [0.15, 0.2) is 84.9 Å². The van der Waals surface area contributed by atoms with Crippen molar-refractivity contribution < 1.29 is 19.1 Å². The number of hydrogen-bond donors (Lipinski definition) is 1. The van der Waals surface area contributed by atoms with E-state index >= 15 is 0 Å². The van der Waals surface area contributed by atoms with Gasteiger partial charge in [0.15, 0.2) is 6.10 Å². The lowest BCUT2D eigenvalue weighted by Crippen LogP contribution is -2.46. The third kappa shape index (κ3) is 5.62. The molecule has 6 heteroatoms. The van der Waals surface area contributed by atoms with Crippen molar-refractivity contribution in [3.8, 4) is 0 Å². The largest absolute Gasteiger partial charge is 0.447 e. The minimum absolute atomic E-state index is 0.257. The molecule has 32 heavy (non-hydrogen) atoms. The number of rotatable bonds is 8. The maximum Gasteiger partial charge on any atom is 0.329 e. The summed E-state index contributed by atoms with van der Waals surface area (Å²) in [5.74, 6) is -1.81. The van der Waals surface area contributed by atoms with Gasteiger partial charge in [-0.3, -0.25) is 9.59 Å². The lowest BCUT2D eigenvalue weighted by Gasteiger charge is -2.24. The summed E-state index contributed by atoms with van der Waals surface area (Å²) in [6.07, 6.45) is -1.13. The fourth-order valence-electron chi connectivity index (χ4n) is 3.21. The van der Waals surface area contributed by atoms with Gasteiger partial charge in [-0.2, -0.15) is 0 Å². The van der Waals surface area contributed by atoms with Crippen molar-refractivity contribution in [2.75, 3.05) is 0 Å². The SMILES string of the molecule is CC(C)[C@H](NC(=O)c1ccccc1Cl)C(=O)OC(C(=O)c1ccccc1)c1ccccc1. The average Bonchev–Trinajstić information content (AvgIpc) is 2.81. The maximum absolute atomic E-state index is 13.2. The van der Waals surface area contributed by atoms with Crippen LogP contribution in [0.1, 0.15) is 46.2 Å². The molecule has 0 saturated heterocycles. The normalized spacial score (nSPS) is 12.6. The number of carbonyl (C=O) groups is 3. The van der Waals surface area contributed by atoms with Gasteiger partial charge in [0.1, 0.15) is 6.04 Å². The molecule has 164 valence electrons. The van der Waals surface area contributed by atoms with Crippen LogP contribution in [0.3, 0.4) is 0 Å². The molecule has 5 nitrogen and oxygen atoms in total. The Morgan fingerprint density at radius 2 is 1.38 bits per heavy atom. The minimum Gasteiger partial charge on any atom is -0.447 e. The zero-order valence-corrected chi connectivity index (χ0v) is 18.6. The summed E-state index contributed by atoms with van der Waals surface area (Å²) in [5.41, 5.74) is 1.23. The smallest absolute Gasteiger partial charge is 0.329 e. The number of halogens is 1. The summed E-state index contributed by atoms with van der Waals surface area (Å²) in [6.45, 7) is 3.57. The molecule has 0 fully saturated rings. The molecular formula is C26H24ClNO4. The van der Waals surface area contributed by atoms with Crippen molar-refractivity contribution in [2.45, 2.75) is 26.0 Å². The highest BCUT2D eigenvalue weighted by Gasteiger charge is 2.32. The Hall–Kier alpha value is -3.44. The summed E-state index contributed by atoms with van der Waals surface area (Å²) in [5, 5.41) is 2.98. The van der Waals surface area contributed by atoms with Gasteiger partial charge in [0, 0.05) is 11.1 Å². The van der Waals surface area contributed by atoms with E-state index in [1.807, 2.05) is 6.07 Å². The van der Waals surface area contributed by atoms with Crippen molar-refractivity contribution in [1.29, 1.82) is 0 Å². The molecular weight excluding hydrogens is 426 g/mol. The van der Waals surface area contributed by atoms with Crippen molar-refractivity contribution in [3.05, 3.63) is 107 Å². The number of nitrogens with one attached hydrogen (secondary N) is 1. The van der Waals surface area contributed by atoms with Crippen molar-refractivity contribution in [2.24, 2.45) is 5.92 Å². The van der Waals surface area contributed by atoms with E-state index in [2.05, 4.69) is 5.32 Å². The number of hydrogen-bond acceptors (Lipinski definition) is 4. The predicted octanol–water partition coefficient (Wildman–Crippen LogP) is 5.26. The second kappa shape index (κ2) is 10.7. The van der Waals surface area contributed by atoms with Gasteiger partial charge in [0.2, 0.25) is 5.78 Å². The van der Waals surface area contributed by atoms with Gasteiger partial charge in [0.25, 0.3) is 5.91 Å². The Bertz CT molecular complexity index is 1080. The van der Waals surface area contributed by atoms with Crippen LogP contribution in [0.25, 0.3) is 0 Å². The quantitative estimate of drug-likeness (QED) is 0.376. The summed E-state index contributed by atoms with van der Waals surface area (Å²) in [4.78, 5) is 39.0. The number of amides is 1. The Morgan fingerprint density at radius 3 is 1.97 bits per heavy atom. The third-order valence-electron chi connectivity index (χ3n) is 4.96. The number of ether oxygens (including phenoxy) is 1. The molecule has 1 N–H and O–H groups in total. The number of Topliss-reactive ketones (excluding diaryl/α,β-unsaturated/α-hetero) is 1. The molecule has 0 radical (unpaired) electrons. The van der Waals surface area contributed by atoms with Gasteiger partial charge in [-0.1, -0.05) is 98.2 Å². The number of carbonyl (C=O) groups excluding carboxylic acids is 3. The van der Waals surface area contributed by atoms with Gasteiger partial charge < -0.3 is 10.1 Å². The number of ketones is 1. The molecule has 0 aliphatic heterocycles. The van der Waals surface area contributed by atoms with E-state index in [1.165, 1.54) is 0 Å². The molecule has 1 unspecified atom stereocenters. The summed E-state index contributed by atoms with van der Waals surface area (Å²) in [6, 6.07) is 23.1. The van der Waals surface area contributed by atoms with E-state index in [0.717, 1.165) is 0 Å². The highest BCUT2D eigenvalue weighted by molar-refractivity contribution is 6.33. The zero-order chi connectivity index (χ0) is 23.1. The lowest BCUT2D eigenvalue weighted by molar-refractivity contribution is -0.150. The van der Waals surface area contributed by atoms with Gasteiger partial charge in [-0.15, -0.1) is 0 Å². The standard InChI is InChI=1S/C26H24ClNO4/c1-17(2)22(28-25(30)20-15-9-10-16-21(20)27)26(31)32-24(19-13-7-4-8-14-19)23(29)18-11-5-3-6-12-18/h3-17,22,24H,1-2H3,(H,28,30)/t22-,24?/m0/s1. The Labute approximate surface area is 192 Å². The Morgan fingerprint density at radius 1 is 0.812 bits per heavy atom. The lowest BCUT2D eigenvalue weighted by atomic mass is 9.99. The molecule has 3 aromatic carbocycles. The third-order valence-corrected chi connectivity index (χ3v) is 5.29. The van der Waals surface area contributed by atoms with E-state index < -0.39 is 24.0 Å². The van der Waals surface area contributed by atoms with E-state index in [-0.39, 0.29) is 22.3 Å². The van der Waals surface area contributed by atoms with Crippen LogP contribution in [0.5, 0.6) is 0 Å². The zero-order valence-electron chi connectivity index (χ0n) is 17.8. The predicted molar refractivity (Wildman–Crippen MR) is 124 cm³/mol. The average molecular weight is 450 g/mol. The second-order valence-electron chi connectivity index (χ2n) is 7.63. The molecule has 0 aliphatic carbocycles. The molecule has 0 spiro atoms. The van der Waals surface area contributed by atoms with Crippen molar-refractivity contribution in [1.82, 2.24) is 5.32 Å². The van der Waals surface area contributed by atoms with Crippen LogP contribution in [0.4, 0.5) is 0 Å². The van der Waals surface area contributed by atoms with Gasteiger partial charge in [-0.05, 0) is 18.1 Å². The fraction of sp³-hybridized carbons (Fsp3) is 0.192. The van der Waals surface area contributed by atoms with Crippen LogP contribution in [0.2, 0.25) is 5.02 Å². The fourth-order valence-corrected chi connectivity index (χ4v) is 3.43. The van der Waals surface area contributed by atoms with Crippen LogP contribution in [-0.4, -0.2) is 23.7 Å². The minimum atomic E-state index is -1.13. The molecule has 0 saturated carbocycles. The summed E-state index contributed by atoms with van der Waals surface area (Å²) < 4.78 is 5.71. The van der Waals surface area contributed by atoms with Gasteiger partial charge in [-0.25, -0.2) is 4.79 Å². The van der Waals surface area contributed by atoms with Crippen LogP contribution < -0.4 is 5.32 Å². The second-order valence-corrected chi connectivity index (χ2v) is 8.04. The molecule has 2 atom stereocenters. The first kappa shape index (κ1) is 23.2. The van der Waals surface area contributed by atoms with Crippen molar-refractivity contribution >= 4 is 29.3 Å². The van der Waals surface area contributed by atoms with E-state index in [0.29, 0.717) is 11.1 Å². The molecule has 1 amide bonds. The molecule has 0 bridgehead atoms. The first-order valence-corrected chi connectivity index (χ1v) is 10.7. The Kier molecular flexibility index (Phi) is 7.79. The summed E-state index contributed by atoms with van der Waals surface area (Å²) >= 11 is 6.11. The van der Waals surface area contributed by atoms with E-state index in [1.54, 1.807) is 92.7 Å². The highest BCUT2D eigenvalue weighted by Crippen LogP contribution is 2.24. The molecule has 0 aromatic heterocycles. The monoisotopic (exact) mass is 449 g/mol. The van der Waals surface area contributed by atoms with E-state index in [9.17, 15) is 14.4 Å². The molecule has 0 aliphatic rings. The number of esters is 1. The topological polar surface area (TPSA) is 72.5 Å². The van der Waals surface area contributed by atoms with Crippen molar-refractivity contribution in [3.63, 3.8) is 0 Å². The first-order valence-electron chi connectivity index (χ1n) is 10.3. The van der Waals surface area contributed by atoms with Gasteiger partial charge in [0.05, 0.1) is 10.6 Å². The van der Waals surface area contributed by atoms with Crippen LogP contribution in [-0.2, 0) is 9.53 Å². The molecule has 3 aromatic rings. The van der Waals surface area contributed by atoms with Gasteiger partial charge >= 0.3 is 5.97 Å². The maximum atomic E-state index is 13.2. The highest BCUT2D eigenvalue weighted by atomic mass is 35.5.